The maximum atomic E-state index is 5.95. The molecule has 3 atom stereocenters. The quantitative estimate of drug-likeness (QED) is 0.861. The van der Waals surface area contributed by atoms with Gasteiger partial charge in [0.15, 0.2) is 5.11 Å². The van der Waals surface area contributed by atoms with Gasteiger partial charge in [0, 0.05) is 19.3 Å². The van der Waals surface area contributed by atoms with Crippen molar-refractivity contribution in [3.8, 4) is 0 Å². The molecule has 0 bridgehead atoms. The smallest absolute Gasteiger partial charge is 0.170 e. The molecular formula is C18H21N3O2S. The van der Waals surface area contributed by atoms with Gasteiger partial charge in [-0.25, -0.2) is 0 Å². The molecule has 0 aromatic carbocycles. The molecule has 2 aromatic heterocycles. The van der Waals surface area contributed by atoms with Crippen LogP contribution in [0.1, 0.15) is 42.1 Å². The van der Waals surface area contributed by atoms with E-state index in [1.807, 2.05) is 43.5 Å². The molecule has 1 N–H and O–H groups in total. The van der Waals surface area contributed by atoms with Crippen LogP contribution in [-0.2, 0) is 4.74 Å². The van der Waals surface area contributed by atoms with E-state index in [0.29, 0.717) is 0 Å². The van der Waals surface area contributed by atoms with Gasteiger partial charge in [0.05, 0.1) is 17.8 Å². The van der Waals surface area contributed by atoms with Crippen LogP contribution in [0.5, 0.6) is 0 Å². The highest BCUT2D eigenvalue weighted by atomic mass is 32.1. The summed E-state index contributed by atoms with van der Waals surface area (Å²) in [6, 6.07) is 9.95. The summed E-state index contributed by atoms with van der Waals surface area (Å²) in [4.78, 5) is 6.72. The summed E-state index contributed by atoms with van der Waals surface area (Å²) in [7, 11) is 0. The Labute approximate surface area is 147 Å². The zero-order valence-corrected chi connectivity index (χ0v) is 14.5. The average Bonchev–Trinajstić information content (AvgIpc) is 3.31. The van der Waals surface area contributed by atoms with Crippen molar-refractivity contribution >= 4 is 17.3 Å². The van der Waals surface area contributed by atoms with Crippen molar-refractivity contribution in [3.63, 3.8) is 0 Å². The van der Waals surface area contributed by atoms with Gasteiger partial charge in [-0.15, -0.1) is 0 Å². The Balaban J connectivity index is 1.67. The van der Waals surface area contributed by atoms with Gasteiger partial charge >= 0.3 is 0 Å². The summed E-state index contributed by atoms with van der Waals surface area (Å²) in [5, 5.41) is 4.17. The monoisotopic (exact) mass is 343 g/mol. The predicted molar refractivity (Wildman–Crippen MR) is 94.6 cm³/mol. The molecule has 0 spiro atoms. The number of furan rings is 1. The van der Waals surface area contributed by atoms with E-state index in [1.54, 1.807) is 0 Å². The van der Waals surface area contributed by atoms with Crippen molar-refractivity contribution in [2.24, 2.45) is 0 Å². The van der Waals surface area contributed by atoms with Crippen LogP contribution in [0.3, 0.4) is 0 Å². The molecule has 2 aromatic rings. The van der Waals surface area contributed by atoms with E-state index in [2.05, 4.69) is 15.2 Å². The fraction of sp³-hybridized carbons (Fsp3) is 0.444. The number of hydrogen-bond donors (Lipinski definition) is 1. The predicted octanol–water partition coefficient (Wildman–Crippen LogP) is 3.13. The van der Waals surface area contributed by atoms with E-state index in [-0.39, 0.29) is 18.2 Å². The number of thiocarbonyl (C=S) groups is 1. The normalized spacial score (nSPS) is 26.8. The van der Waals surface area contributed by atoms with E-state index in [9.17, 15) is 0 Å². The molecule has 2 aliphatic heterocycles. The molecule has 4 heterocycles. The van der Waals surface area contributed by atoms with Crippen LogP contribution in [0.2, 0.25) is 0 Å². The number of pyridine rings is 1. The fourth-order valence-electron chi connectivity index (χ4n) is 3.53. The molecule has 2 saturated heterocycles. The van der Waals surface area contributed by atoms with Crippen molar-refractivity contribution in [1.29, 1.82) is 0 Å². The third-order valence-corrected chi connectivity index (χ3v) is 5.03. The highest BCUT2D eigenvalue weighted by molar-refractivity contribution is 7.80. The van der Waals surface area contributed by atoms with Crippen molar-refractivity contribution in [1.82, 2.24) is 15.2 Å². The van der Waals surface area contributed by atoms with E-state index >= 15 is 0 Å². The summed E-state index contributed by atoms with van der Waals surface area (Å²) >= 11 is 5.63. The summed E-state index contributed by atoms with van der Waals surface area (Å²) in [6.07, 6.45) is 4.24. The lowest BCUT2D eigenvalue weighted by Gasteiger charge is -2.28. The third-order valence-electron chi connectivity index (χ3n) is 4.67. The maximum Gasteiger partial charge on any atom is 0.170 e. The SMILES string of the molecule is Cc1ccc([C@H]2[C@H](c3ccccn3)NC(=S)N2C[C@@H]2CCCO2)o1. The highest BCUT2D eigenvalue weighted by Gasteiger charge is 2.42. The van der Waals surface area contributed by atoms with Crippen molar-refractivity contribution in [2.75, 3.05) is 13.2 Å². The molecule has 126 valence electrons. The largest absolute Gasteiger partial charge is 0.464 e. The molecule has 6 heteroatoms. The molecule has 2 aliphatic rings. The van der Waals surface area contributed by atoms with Crippen LogP contribution in [0.25, 0.3) is 0 Å². The Hall–Kier alpha value is -1.92. The lowest BCUT2D eigenvalue weighted by molar-refractivity contribution is 0.0816. The second kappa shape index (κ2) is 6.53. The number of ether oxygens (including phenoxy) is 1. The average molecular weight is 343 g/mol. The standard InChI is InChI=1S/C18H21N3O2S/c1-12-7-8-15(23-12)17-16(14-6-2-3-9-19-14)20-18(24)21(17)11-13-5-4-10-22-13/h2-3,6-9,13,16-17H,4-5,10-11H2,1H3,(H,20,24)/t13-,16-,17-/m0/s1. The number of rotatable bonds is 4. The van der Waals surface area contributed by atoms with Gasteiger partial charge in [-0.2, -0.15) is 0 Å². The van der Waals surface area contributed by atoms with Gasteiger partial charge in [-0.05, 0) is 56.2 Å². The van der Waals surface area contributed by atoms with Crippen molar-refractivity contribution < 1.29 is 9.15 Å². The van der Waals surface area contributed by atoms with Crippen molar-refractivity contribution in [3.05, 3.63) is 53.7 Å². The lowest BCUT2D eigenvalue weighted by Crippen LogP contribution is -2.36. The topological polar surface area (TPSA) is 50.5 Å². The van der Waals surface area contributed by atoms with E-state index in [0.717, 1.165) is 48.3 Å². The maximum absolute atomic E-state index is 5.95. The first kappa shape index (κ1) is 15.6. The molecule has 0 aliphatic carbocycles. The minimum atomic E-state index is -0.0225. The van der Waals surface area contributed by atoms with Gasteiger partial charge in [0.1, 0.15) is 17.6 Å². The molecule has 0 unspecified atom stereocenters. The first-order chi connectivity index (χ1) is 11.7. The van der Waals surface area contributed by atoms with Crippen LogP contribution >= 0.6 is 12.2 Å². The molecule has 24 heavy (non-hydrogen) atoms. The number of aromatic nitrogens is 1. The Bertz CT molecular complexity index is 712. The second-order valence-electron chi connectivity index (χ2n) is 6.36. The van der Waals surface area contributed by atoms with Crippen LogP contribution in [-0.4, -0.2) is 34.3 Å². The third kappa shape index (κ3) is 2.91. The summed E-state index contributed by atoms with van der Waals surface area (Å²) < 4.78 is 11.8. The van der Waals surface area contributed by atoms with Gasteiger partial charge in [-0.3, -0.25) is 4.98 Å². The molecular weight excluding hydrogens is 322 g/mol. The summed E-state index contributed by atoms with van der Waals surface area (Å²) in [5.74, 6) is 1.81. The summed E-state index contributed by atoms with van der Waals surface area (Å²) in [5.41, 5.74) is 0.966. The number of nitrogens with zero attached hydrogens (tertiary/aromatic N) is 2. The zero-order valence-electron chi connectivity index (χ0n) is 13.6. The van der Waals surface area contributed by atoms with Crippen LogP contribution in [0, 0.1) is 6.92 Å². The lowest BCUT2D eigenvalue weighted by atomic mass is 10.0. The zero-order chi connectivity index (χ0) is 16.5. The number of nitrogens with one attached hydrogen (secondary N) is 1. The Morgan fingerprint density at radius 1 is 1.33 bits per heavy atom. The molecule has 0 radical (unpaired) electrons. The van der Waals surface area contributed by atoms with Gasteiger partial charge in [0.2, 0.25) is 0 Å². The van der Waals surface area contributed by atoms with Crippen molar-refractivity contribution in [2.45, 2.75) is 38.0 Å². The number of hydrogen-bond acceptors (Lipinski definition) is 4. The first-order valence-electron chi connectivity index (χ1n) is 8.38. The minimum Gasteiger partial charge on any atom is -0.464 e. The summed E-state index contributed by atoms with van der Waals surface area (Å²) in [6.45, 7) is 3.58. The number of aryl methyl sites for hydroxylation is 1. The fourth-order valence-corrected chi connectivity index (χ4v) is 3.85. The Kier molecular flexibility index (Phi) is 4.24. The molecule has 4 rings (SSSR count). The van der Waals surface area contributed by atoms with Crippen LogP contribution in [0.4, 0.5) is 0 Å². The van der Waals surface area contributed by atoms with Gasteiger partial charge in [0.25, 0.3) is 0 Å². The van der Waals surface area contributed by atoms with Crippen LogP contribution in [0.15, 0.2) is 40.9 Å². The van der Waals surface area contributed by atoms with Gasteiger partial charge in [-0.1, -0.05) is 6.07 Å². The minimum absolute atomic E-state index is 0.00898. The van der Waals surface area contributed by atoms with E-state index in [1.165, 1.54) is 0 Å². The molecule has 0 amide bonds. The molecule has 2 fully saturated rings. The molecule has 0 saturated carbocycles. The first-order valence-corrected chi connectivity index (χ1v) is 8.79. The van der Waals surface area contributed by atoms with E-state index in [4.69, 9.17) is 21.4 Å². The molecule has 5 nitrogen and oxygen atoms in total. The van der Waals surface area contributed by atoms with Crippen LogP contribution < -0.4 is 5.32 Å². The Morgan fingerprint density at radius 2 is 2.25 bits per heavy atom. The van der Waals surface area contributed by atoms with Gasteiger partial charge < -0.3 is 19.4 Å². The van der Waals surface area contributed by atoms with E-state index < -0.39 is 0 Å². The Morgan fingerprint density at radius 3 is 2.92 bits per heavy atom. The highest BCUT2D eigenvalue weighted by Crippen LogP contribution is 2.39. The second-order valence-corrected chi connectivity index (χ2v) is 6.75.